The molecule has 0 atom stereocenters. The van der Waals surface area contributed by atoms with Gasteiger partial charge < -0.3 is 9.47 Å². The van der Waals surface area contributed by atoms with E-state index >= 15 is 0 Å². The second kappa shape index (κ2) is 5.43. The Morgan fingerprint density at radius 1 is 1.05 bits per heavy atom. The predicted octanol–water partition coefficient (Wildman–Crippen LogP) is 5.45. The van der Waals surface area contributed by atoms with Crippen molar-refractivity contribution in [2.45, 2.75) is 0 Å². The molecule has 0 saturated heterocycles. The van der Waals surface area contributed by atoms with Crippen molar-refractivity contribution in [2.24, 2.45) is 0 Å². The lowest BCUT2D eigenvalue weighted by atomic mass is 10.0. The Labute approximate surface area is 131 Å². The van der Waals surface area contributed by atoms with Gasteiger partial charge in [-0.15, -0.1) is 0 Å². The van der Waals surface area contributed by atoms with Gasteiger partial charge in [-0.3, -0.25) is 0 Å². The van der Waals surface area contributed by atoms with Crippen LogP contribution in [0.2, 0.25) is 10.0 Å². The van der Waals surface area contributed by atoms with E-state index in [1.54, 1.807) is 18.2 Å². The molecular weight excluding hydrogens is 311 g/mol. The largest absolute Gasteiger partial charge is 0.513 e. The fraction of sp³-hybridized carbons (Fsp3) is 0.0625. The quantitative estimate of drug-likeness (QED) is 0.340. The number of carbonyl (C=O) groups is 1. The van der Waals surface area contributed by atoms with Crippen LogP contribution in [-0.4, -0.2) is 13.3 Å². The van der Waals surface area contributed by atoms with Gasteiger partial charge in [0.2, 0.25) is 0 Å². The highest BCUT2D eigenvalue weighted by atomic mass is 35.5. The summed E-state index contributed by atoms with van der Waals surface area (Å²) < 4.78 is 9.91. The number of methoxy groups -OCH3 is 1. The number of benzene rings is 3. The monoisotopic (exact) mass is 320 g/mol. The maximum absolute atomic E-state index is 11.5. The van der Waals surface area contributed by atoms with Crippen LogP contribution in [0.25, 0.3) is 21.5 Å². The molecule has 3 aromatic carbocycles. The van der Waals surface area contributed by atoms with E-state index in [0.29, 0.717) is 26.6 Å². The molecule has 0 radical (unpaired) electrons. The van der Waals surface area contributed by atoms with Gasteiger partial charge in [-0.2, -0.15) is 0 Å². The summed E-state index contributed by atoms with van der Waals surface area (Å²) in [5, 5.41) is 4.16. The summed E-state index contributed by atoms with van der Waals surface area (Å²) in [7, 11) is 1.25. The normalized spacial score (nSPS) is 10.8. The average Bonchev–Trinajstić information content (AvgIpc) is 2.47. The number of ether oxygens (including phenoxy) is 2. The third-order valence-electron chi connectivity index (χ3n) is 3.20. The summed E-state index contributed by atoms with van der Waals surface area (Å²) >= 11 is 12.3. The van der Waals surface area contributed by atoms with Gasteiger partial charge in [0.1, 0.15) is 0 Å². The van der Waals surface area contributed by atoms with Gasteiger partial charge in [-0.05, 0) is 35.0 Å². The number of hydrogen-bond acceptors (Lipinski definition) is 3. The van der Waals surface area contributed by atoms with E-state index in [-0.39, 0.29) is 0 Å². The zero-order chi connectivity index (χ0) is 15.0. The lowest BCUT2D eigenvalue weighted by Crippen LogP contribution is -2.08. The van der Waals surface area contributed by atoms with Gasteiger partial charge in [0.15, 0.2) is 5.75 Å². The van der Waals surface area contributed by atoms with Crippen molar-refractivity contribution in [3.8, 4) is 5.75 Å². The number of hydrogen-bond donors (Lipinski definition) is 0. The van der Waals surface area contributed by atoms with Crippen LogP contribution < -0.4 is 4.74 Å². The van der Waals surface area contributed by atoms with Crippen LogP contribution in [0.1, 0.15) is 0 Å². The Morgan fingerprint density at radius 3 is 2.62 bits per heavy atom. The van der Waals surface area contributed by atoms with Crippen molar-refractivity contribution in [3.63, 3.8) is 0 Å². The second-order valence-corrected chi connectivity index (χ2v) is 5.31. The van der Waals surface area contributed by atoms with Gasteiger partial charge in [0.05, 0.1) is 12.1 Å². The van der Waals surface area contributed by atoms with Crippen LogP contribution in [0.15, 0.2) is 42.5 Å². The predicted molar refractivity (Wildman–Crippen MR) is 84.5 cm³/mol. The molecule has 0 fully saturated rings. The Kier molecular flexibility index (Phi) is 3.62. The minimum Gasteiger partial charge on any atom is -0.437 e. The molecule has 0 saturated carbocycles. The molecule has 0 aliphatic rings. The fourth-order valence-electron chi connectivity index (χ4n) is 2.28. The molecule has 3 nitrogen and oxygen atoms in total. The first-order chi connectivity index (χ1) is 10.1. The van der Waals surface area contributed by atoms with Crippen LogP contribution in [0.5, 0.6) is 5.75 Å². The summed E-state index contributed by atoms with van der Waals surface area (Å²) in [4.78, 5) is 11.5. The molecule has 0 N–H and O–H groups in total. The van der Waals surface area contributed by atoms with Crippen LogP contribution in [0.4, 0.5) is 4.79 Å². The first-order valence-electron chi connectivity index (χ1n) is 6.16. The van der Waals surface area contributed by atoms with Gasteiger partial charge in [-0.25, -0.2) is 4.79 Å². The summed E-state index contributed by atoms with van der Waals surface area (Å²) in [6.45, 7) is 0. The molecule has 0 bridgehead atoms. The maximum atomic E-state index is 11.5. The van der Waals surface area contributed by atoms with Crippen molar-refractivity contribution < 1.29 is 14.3 Å². The Bertz CT molecular complexity index is 859. The average molecular weight is 321 g/mol. The van der Waals surface area contributed by atoms with Crippen molar-refractivity contribution in [1.29, 1.82) is 0 Å². The minimum atomic E-state index is -0.802. The Balaban J connectivity index is 2.43. The first-order valence-corrected chi connectivity index (χ1v) is 6.92. The van der Waals surface area contributed by atoms with Crippen LogP contribution in [0, 0.1) is 0 Å². The van der Waals surface area contributed by atoms with Crippen LogP contribution in [0.3, 0.4) is 0 Å². The van der Waals surface area contributed by atoms with E-state index in [4.69, 9.17) is 27.9 Å². The topological polar surface area (TPSA) is 35.5 Å². The van der Waals surface area contributed by atoms with E-state index < -0.39 is 6.16 Å². The van der Waals surface area contributed by atoms with Gasteiger partial charge >= 0.3 is 6.16 Å². The van der Waals surface area contributed by atoms with Gasteiger partial charge in [0, 0.05) is 15.8 Å². The molecule has 0 unspecified atom stereocenters. The SMILES string of the molecule is COC(=O)Oc1c2cc(Cl)ccc2cc2cccc(Cl)c12. The molecule has 0 heterocycles. The van der Waals surface area contributed by atoms with Crippen molar-refractivity contribution in [3.05, 3.63) is 52.5 Å². The maximum Gasteiger partial charge on any atom is 0.513 e. The molecule has 0 aliphatic carbocycles. The lowest BCUT2D eigenvalue weighted by molar-refractivity contribution is 0.122. The molecule has 0 aliphatic heterocycles. The van der Waals surface area contributed by atoms with E-state index in [2.05, 4.69) is 4.74 Å². The highest BCUT2D eigenvalue weighted by molar-refractivity contribution is 6.37. The van der Waals surface area contributed by atoms with Gasteiger partial charge in [-0.1, -0.05) is 41.4 Å². The van der Waals surface area contributed by atoms with Gasteiger partial charge in [0.25, 0.3) is 0 Å². The second-order valence-electron chi connectivity index (χ2n) is 4.47. The standard InChI is InChI=1S/C16H10Cl2O3/c1-20-16(19)21-15-12-8-11(17)6-5-9(12)7-10-3-2-4-13(18)14(10)15/h2-8H,1H3. The van der Waals surface area contributed by atoms with E-state index in [1.165, 1.54) is 7.11 Å². The van der Waals surface area contributed by atoms with Crippen molar-refractivity contribution >= 4 is 50.9 Å². The summed E-state index contributed by atoms with van der Waals surface area (Å²) in [6.07, 6.45) is -0.802. The first kappa shape index (κ1) is 14.0. The minimum absolute atomic E-state index is 0.349. The summed E-state index contributed by atoms with van der Waals surface area (Å²) in [5.41, 5.74) is 0. The van der Waals surface area contributed by atoms with Crippen molar-refractivity contribution in [1.82, 2.24) is 0 Å². The molecule has 21 heavy (non-hydrogen) atoms. The number of halogens is 2. The smallest absolute Gasteiger partial charge is 0.437 e. The molecule has 106 valence electrons. The molecule has 0 amide bonds. The fourth-order valence-corrected chi connectivity index (χ4v) is 2.72. The molecule has 3 rings (SSSR count). The molecule has 0 aromatic heterocycles. The molecule has 3 aromatic rings. The zero-order valence-electron chi connectivity index (χ0n) is 11.0. The number of fused-ring (bicyclic) bond motifs is 2. The van der Waals surface area contributed by atoms with Crippen LogP contribution in [-0.2, 0) is 4.74 Å². The third-order valence-corrected chi connectivity index (χ3v) is 3.75. The van der Waals surface area contributed by atoms with Crippen LogP contribution >= 0.6 is 23.2 Å². The van der Waals surface area contributed by atoms with E-state index in [0.717, 1.165) is 10.8 Å². The summed E-state index contributed by atoms with van der Waals surface area (Å²) in [5.74, 6) is 0.349. The third kappa shape index (κ3) is 2.50. The Hall–Kier alpha value is -1.97. The Morgan fingerprint density at radius 2 is 1.86 bits per heavy atom. The lowest BCUT2D eigenvalue weighted by Gasteiger charge is -2.12. The number of rotatable bonds is 1. The highest BCUT2D eigenvalue weighted by Gasteiger charge is 2.15. The van der Waals surface area contributed by atoms with E-state index in [9.17, 15) is 4.79 Å². The number of carbonyl (C=O) groups excluding carboxylic acids is 1. The molecular formula is C16H10Cl2O3. The highest BCUT2D eigenvalue weighted by Crippen LogP contribution is 2.39. The van der Waals surface area contributed by atoms with Crippen molar-refractivity contribution in [2.75, 3.05) is 7.11 Å². The molecule has 5 heteroatoms. The summed E-state index contributed by atoms with van der Waals surface area (Å²) in [6, 6.07) is 12.8. The van der Waals surface area contributed by atoms with E-state index in [1.807, 2.05) is 24.3 Å². The zero-order valence-corrected chi connectivity index (χ0v) is 12.5. The molecule has 0 spiro atoms.